The predicted molar refractivity (Wildman–Crippen MR) is 112 cm³/mol. The van der Waals surface area contributed by atoms with E-state index in [9.17, 15) is 36.1 Å². The number of nitro benzene ring substituents is 1. The summed E-state index contributed by atoms with van der Waals surface area (Å²) in [6, 6.07) is 4.97. The average molecular weight is 542 g/mol. The number of fused-ring (bicyclic) bond motifs is 2. The van der Waals surface area contributed by atoms with Gasteiger partial charge in [0.15, 0.2) is 10.6 Å². The molecule has 18 heteroatoms. The topological polar surface area (TPSA) is 160 Å². The molecule has 0 fully saturated rings. The molecule has 0 saturated heterocycles. The van der Waals surface area contributed by atoms with Crippen molar-refractivity contribution in [2.24, 2.45) is 0 Å². The fourth-order valence-electron chi connectivity index (χ4n) is 3.60. The fourth-order valence-corrected chi connectivity index (χ4v) is 5.86. The molecule has 2 N–H and O–H groups in total. The second-order valence-corrected chi connectivity index (χ2v) is 10.3. The van der Waals surface area contributed by atoms with Gasteiger partial charge in [-0.2, -0.15) is 16.8 Å². The molecule has 0 atom stereocenters. The maximum absolute atomic E-state index is 15.5. The third-order valence-electron chi connectivity index (χ3n) is 4.94. The van der Waals surface area contributed by atoms with Crippen LogP contribution in [0, 0.1) is 10.1 Å². The first kappa shape index (κ1) is 23.5. The average Bonchev–Trinajstić information content (AvgIpc) is 3.21. The molecule has 0 radical (unpaired) electrons. The van der Waals surface area contributed by atoms with Gasteiger partial charge in [0.1, 0.15) is 10.0 Å². The largest absolute Gasteiger partial charge is 0.739 e. The zero-order valence-electron chi connectivity index (χ0n) is 15.6. The van der Waals surface area contributed by atoms with Crippen LogP contribution in [0.3, 0.4) is 0 Å². The number of hydrogen-bond acceptors (Lipinski definition) is 6. The van der Waals surface area contributed by atoms with E-state index in [0.717, 1.165) is 24.3 Å². The molecule has 1 aromatic heterocycles. The van der Waals surface area contributed by atoms with Crippen LogP contribution in [0.2, 0.25) is 5.15 Å². The first-order valence-corrected chi connectivity index (χ1v) is 12.1. The van der Waals surface area contributed by atoms with Crippen LogP contribution < -0.4 is 0 Å². The van der Waals surface area contributed by atoms with E-state index in [1.54, 1.807) is 0 Å². The molecule has 3 heterocycles. The summed E-state index contributed by atoms with van der Waals surface area (Å²) in [4.78, 5) is 8.12. The van der Waals surface area contributed by atoms with E-state index in [2.05, 4.69) is 0 Å². The first-order chi connectivity index (χ1) is 15.1. The van der Waals surface area contributed by atoms with Crippen molar-refractivity contribution in [1.29, 1.82) is 0 Å². The summed E-state index contributed by atoms with van der Waals surface area (Å²) in [6.07, 6.45) is 0.640. The van der Waals surface area contributed by atoms with Crippen molar-refractivity contribution in [2.75, 3.05) is 0 Å². The first-order valence-electron chi connectivity index (χ1n) is 8.48. The van der Waals surface area contributed by atoms with Gasteiger partial charge in [-0.25, -0.2) is 0 Å². The minimum absolute atomic E-state index is 0.00140. The Morgan fingerprint density at radius 1 is 1.06 bits per heavy atom. The predicted octanol–water partition coefficient (Wildman–Crippen LogP) is 2.73. The van der Waals surface area contributed by atoms with Gasteiger partial charge < -0.3 is 17.6 Å². The highest BCUT2D eigenvalue weighted by Gasteiger charge is 2.57. The summed E-state index contributed by atoms with van der Waals surface area (Å²) in [5.74, 6) is 0. The van der Waals surface area contributed by atoms with Gasteiger partial charge in [0.2, 0.25) is 5.17 Å². The Bertz CT molecular complexity index is 1580. The summed E-state index contributed by atoms with van der Waals surface area (Å²) in [5.41, 5.74) is -1.73. The van der Waals surface area contributed by atoms with Gasteiger partial charge in [-0.05, 0) is 35.4 Å². The number of hydrogen-bond donors (Lipinski definition) is 2. The van der Waals surface area contributed by atoms with E-state index in [1.165, 1.54) is 0 Å². The zero-order valence-corrected chi connectivity index (χ0v) is 18.7. The van der Waals surface area contributed by atoms with E-state index in [4.69, 9.17) is 23.2 Å². The molecule has 2 aliphatic rings. The number of benzene rings is 1. The Morgan fingerprint density at radius 2 is 1.64 bits per heavy atom. The third-order valence-corrected chi connectivity index (χ3v) is 7.67. The van der Waals surface area contributed by atoms with Crippen LogP contribution in [0.15, 0.2) is 51.9 Å². The molecule has 0 amide bonds. The summed E-state index contributed by atoms with van der Waals surface area (Å²) in [6.45, 7) is -5.14. The highest BCUT2D eigenvalue weighted by Crippen LogP contribution is 2.45. The maximum Gasteiger partial charge on any atom is 0.739 e. The summed E-state index contributed by atoms with van der Waals surface area (Å²) in [5, 5.41) is 8.76. The normalized spacial score (nSPS) is 17.7. The molecule has 0 aliphatic carbocycles. The van der Waals surface area contributed by atoms with Crippen molar-refractivity contribution in [3.8, 4) is 0 Å². The van der Waals surface area contributed by atoms with Crippen molar-refractivity contribution in [2.45, 2.75) is 4.90 Å². The molecular formula is C15H8BCl2F2N3O8S2. The maximum atomic E-state index is 15.5. The number of non-ortho nitro benzene ring substituents is 1. The highest BCUT2D eigenvalue weighted by molar-refractivity contribution is 7.91. The van der Waals surface area contributed by atoms with Gasteiger partial charge in [-0.1, -0.05) is 11.6 Å². The van der Waals surface area contributed by atoms with E-state index in [-0.39, 0.29) is 25.8 Å². The minimum atomic E-state index is -5.14. The quantitative estimate of drug-likeness (QED) is 0.258. The van der Waals surface area contributed by atoms with Gasteiger partial charge in [0.25, 0.3) is 15.8 Å². The molecule has 1 aromatic carbocycles. The Balaban J connectivity index is 2.17. The molecule has 4 rings (SSSR count). The Hall–Kier alpha value is -2.63. The minimum Gasteiger partial charge on any atom is -0.389 e. The monoisotopic (exact) mass is 541 g/mol. The third kappa shape index (κ3) is 3.49. The number of allylic oxidation sites excluding steroid dienone is 2. The molecule has 0 saturated carbocycles. The molecule has 0 unspecified atom stereocenters. The van der Waals surface area contributed by atoms with Crippen LogP contribution in [0.4, 0.5) is 14.3 Å². The Kier molecular flexibility index (Phi) is 5.12. The SMILES string of the molecule is O=[N+]([O-])c1ccc(C2=C3C=C(S(=O)(=O)O)C(Cl)=[N+]3[B-](F)(F)n3c2cc(S(=O)(=O)O)c3Cl)cc1. The van der Waals surface area contributed by atoms with Crippen LogP contribution >= 0.6 is 23.2 Å². The van der Waals surface area contributed by atoms with Gasteiger partial charge >= 0.3 is 17.1 Å². The van der Waals surface area contributed by atoms with Crippen molar-refractivity contribution in [1.82, 2.24) is 4.48 Å². The van der Waals surface area contributed by atoms with Crippen LogP contribution in [0.1, 0.15) is 11.3 Å². The van der Waals surface area contributed by atoms with Gasteiger partial charge in [-0.15, -0.1) is 0 Å². The van der Waals surface area contributed by atoms with Crippen molar-refractivity contribution < 1.29 is 44.0 Å². The number of nitrogens with zero attached hydrogens (tertiary/aromatic N) is 3. The summed E-state index contributed by atoms with van der Waals surface area (Å²) < 4.78 is 96.8. The smallest absolute Gasteiger partial charge is 0.389 e. The fraction of sp³-hybridized carbons (Fsp3) is 0. The standard InChI is InChI=1S/C15H8BCl2F2N3O8S2/c17-14-11(32(26,27)28)5-9-13(7-1-3-8(4-2-7)23(24)25)10-6-12(33(29,30)31)15(18)22(10)16(19,20)21(9)14/h1-6H,(H,26,27,28)(H,29,30,31). The van der Waals surface area contributed by atoms with Crippen LogP contribution in [0.5, 0.6) is 0 Å². The lowest BCUT2D eigenvalue weighted by molar-refractivity contribution is -0.384. The van der Waals surface area contributed by atoms with Crippen molar-refractivity contribution in [3.05, 3.63) is 73.5 Å². The van der Waals surface area contributed by atoms with E-state index in [0.29, 0.717) is 12.1 Å². The molecular weight excluding hydrogens is 534 g/mol. The molecule has 174 valence electrons. The molecule has 2 aromatic rings. The summed E-state index contributed by atoms with van der Waals surface area (Å²) in [7, 11) is -10.1. The lowest BCUT2D eigenvalue weighted by Crippen LogP contribution is -2.50. The number of aromatic nitrogens is 1. The molecule has 33 heavy (non-hydrogen) atoms. The number of rotatable bonds is 4. The molecule has 0 spiro atoms. The van der Waals surface area contributed by atoms with E-state index in [1.807, 2.05) is 0 Å². The van der Waals surface area contributed by atoms with Gasteiger partial charge in [-0.3, -0.25) is 19.2 Å². The van der Waals surface area contributed by atoms with E-state index >= 15 is 8.63 Å². The Morgan fingerprint density at radius 3 is 2.12 bits per heavy atom. The van der Waals surface area contributed by atoms with Crippen molar-refractivity contribution in [3.63, 3.8) is 0 Å². The van der Waals surface area contributed by atoms with Gasteiger partial charge in [0.05, 0.1) is 10.5 Å². The summed E-state index contributed by atoms with van der Waals surface area (Å²) >= 11 is 11.8. The second-order valence-electron chi connectivity index (χ2n) is 6.83. The molecule has 0 bridgehead atoms. The molecule has 2 aliphatic heterocycles. The van der Waals surface area contributed by atoms with Crippen LogP contribution in [0.25, 0.3) is 5.57 Å². The Labute approximate surface area is 193 Å². The lowest BCUT2D eigenvalue weighted by Gasteiger charge is -2.31. The van der Waals surface area contributed by atoms with Gasteiger partial charge in [0, 0.05) is 23.9 Å². The number of halogens is 4. The second kappa shape index (κ2) is 7.18. The van der Waals surface area contributed by atoms with Crippen LogP contribution in [-0.2, 0) is 20.2 Å². The highest BCUT2D eigenvalue weighted by atomic mass is 35.5. The van der Waals surface area contributed by atoms with Crippen LogP contribution in [-0.4, -0.2) is 52.0 Å². The van der Waals surface area contributed by atoms with E-state index < -0.39 is 63.6 Å². The zero-order chi connectivity index (χ0) is 24.7. The number of nitro groups is 1. The van der Waals surface area contributed by atoms with Crippen molar-refractivity contribution >= 4 is 66.8 Å². The molecule has 11 nitrogen and oxygen atoms in total. The lowest BCUT2D eigenvalue weighted by atomic mass is 9.86.